The SMILES string of the molecule is CC(C)(C)c1ccc2c(c1)c1ccccc1n2-c1c(-c2ccc3oc4ccccc4c3c2)cccc1-c1nc(-c2ccccc2)nc(-c2ccccc2)n1. The molecule has 54 heavy (non-hydrogen) atoms. The van der Waals surface area contributed by atoms with Crippen LogP contribution in [0.25, 0.3) is 94.7 Å². The quantitative estimate of drug-likeness (QED) is 0.180. The Morgan fingerprint density at radius 3 is 1.74 bits per heavy atom. The van der Waals surface area contributed by atoms with Gasteiger partial charge in [0.25, 0.3) is 0 Å². The standard InChI is InChI=1S/C49H36N4O/c1-49(2,3)34-26-27-42-39(30-34)36-19-10-12-23-41(36)53(42)45-35(33-25-28-44-40(29-33)37-20-11-13-24-43(37)54-44)21-14-22-38(45)48-51-46(31-15-6-4-7-16-31)50-47(52-48)32-17-8-5-9-18-32/h4-30H,1-3H3. The van der Waals surface area contributed by atoms with Crippen LogP contribution in [-0.2, 0) is 5.41 Å². The maximum Gasteiger partial charge on any atom is 0.166 e. The number of benzene rings is 7. The van der Waals surface area contributed by atoms with Crippen LogP contribution in [0.4, 0.5) is 0 Å². The summed E-state index contributed by atoms with van der Waals surface area (Å²) in [5, 5.41) is 4.58. The first-order valence-electron chi connectivity index (χ1n) is 18.4. The average Bonchev–Trinajstić information content (AvgIpc) is 3.75. The third-order valence-corrected chi connectivity index (χ3v) is 10.4. The molecular formula is C49H36N4O. The van der Waals surface area contributed by atoms with E-state index in [4.69, 9.17) is 19.4 Å². The van der Waals surface area contributed by atoms with Gasteiger partial charge in [-0.15, -0.1) is 0 Å². The molecule has 0 amide bonds. The Bertz CT molecular complexity index is 2970. The van der Waals surface area contributed by atoms with E-state index in [0.717, 1.165) is 66.5 Å². The van der Waals surface area contributed by atoms with E-state index in [1.165, 1.54) is 16.3 Å². The molecule has 0 N–H and O–H groups in total. The van der Waals surface area contributed by atoms with Gasteiger partial charge in [-0.25, -0.2) is 15.0 Å². The highest BCUT2D eigenvalue weighted by molar-refractivity contribution is 6.11. The fraction of sp³-hybridized carbons (Fsp3) is 0.0816. The number of aromatic nitrogens is 4. The zero-order valence-corrected chi connectivity index (χ0v) is 30.3. The first kappa shape index (κ1) is 31.9. The molecule has 0 aliphatic heterocycles. The molecular weight excluding hydrogens is 661 g/mol. The van der Waals surface area contributed by atoms with Gasteiger partial charge in [0.1, 0.15) is 11.2 Å². The molecule has 0 aliphatic carbocycles. The maximum absolute atomic E-state index is 6.27. The molecule has 10 rings (SSSR count). The number of hydrogen-bond acceptors (Lipinski definition) is 4. The lowest BCUT2D eigenvalue weighted by Gasteiger charge is -2.20. The van der Waals surface area contributed by atoms with Crippen molar-refractivity contribution in [3.05, 3.63) is 169 Å². The highest BCUT2D eigenvalue weighted by Gasteiger charge is 2.24. The molecule has 258 valence electrons. The van der Waals surface area contributed by atoms with Crippen molar-refractivity contribution < 1.29 is 4.42 Å². The zero-order chi connectivity index (χ0) is 36.4. The van der Waals surface area contributed by atoms with E-state index in [9.17, 15) is 0 Å². The first-order valence-corrected chi connectivity index (χ1v) is 18.4. The van der Waals surface area contributed by atoms with Crippen molar-refractivity contribution in [1.29, 1.82) is 0 Å². The second-order valence-electron chi connectivity index (χ2n) is 14.9. The molecule has 0 radical (unpaired) electrons. The highest BCUT2D eigenvalue weighted by atomic mass is 16.3. The Hall–Kier alpha value is -6.85. The molecule has 3 aromatic heterocycles. The largest absolute Gasteiger partial charge is 0.456 e. The minimum absolute atomic E-state index is 0.00417. The summed E-state index contributed by atoms with van der Waals surface area (Å²) in [5.74, 6) is 1.85. The van der Waals surface area contributed by atoms with Crippen molar-refractivity contribution in [3.8, 4) is 51.0 Å². The minimum Gasteiger partial charge on any atom is -0.456 e. The monoisotopic (exact) mass is 696 g/mol. The summed E-state index contributed by atoms with van der Waals surface area (Å²) in [4.78, 5) is 15.5. The summed E-state index contributed by atoms with van der Waals surface area (Å²) >= 11 is 0. The Morgan fingerprint density at radius 1 is 0.426 bits per heavy atom. The van der Waals surface area contributed by atoms with Crippen LogP contribution in [0.2, 0.25) is 0 Å². The van der Waals surface area contributed by atoms with Crippen molar-refractivity contribution in [3.63, 3.8) is 0 Å². The van der Waals surface area contributed by atoms with Crippen LogP contribution in [0.15, 0.2) is 168 Å². The van der Waals surface area contributed by atoms with E-state index in [2.05, 4.69) is 141 Å². The molecule has 5 nitrogen and oxygen atoms in total. The topological polar surface area (TPSA) is 56.7 Å². The van der Waals surface area contributed by atoms with Gasteiger partial charge < -0.3 is 8.98 Å². The van der Waals surface area contributed by atoms with Gasteiger partial charge in [0.15, 0.2) is 17.5 Å². The van der Waals surface area contributed by atoms with E-state index in [-0.39, 0.29) is 5.41 Å². The lowest BCUT2D eigenvalue weighted by atomic mass is 9.86. The van der Waals surface area contributed by atoms with Crippen molar-refractivity contribution in [2.45, 2.75) is 26.2 Å². The lowest BCUT2D eigenvalue weighted by molar-refractivity contribution is 0.591. The van der Waals surface area contributed by atoms with E-state index >= 15 is 0 Å². The van der Waals surface area contributed by atoms with Gasteiger partial charge in [-0.2, -0.15) is 0 Å². The fourth-order valence-electron chi connectivity index (χ4n) is 7.70. The lowest BCUT2D eigenvalue weighted by Crippen LogP contribution is -2.10. The Labute approximate surface area is 313 Å². The summed E-state index contributed by atoms with van der Waals surface area (Å²) in [6, 6.07) is 57.2. The molecule has 0 aliphatic rings. The second-order valence-corrected chi connectivity index (χ2v) is 14.9. The molecule has 3 heterocycles. The molecule has 7 aromatic carbocycles. The number of furan rings is 1. The van der Waals surface area contributed by atoms with Crippen molar-refractivity contribution >= 4 is 43.7 Å². The Balaban J connectivity index is 1.32. The van der Waals surface area contributed by atoms with E-state index < -0.39 is 0 Å². The van der Waals surface area contributed by atoms with E-state index in [0.29, 0.717) is 17.5 Å². The number of fused-ring (bicyclic) bond motifs is 6. The van der Waals surface area contributed by atoms with Crippen LogP contribution in [0.5, 0.6) is 0 Å². The predicted octanol–water partition coefficient (Wildman–Crippen LogP) is 12.8. The molecule has 10 aromatic rings. The van der Waals surface area contributed by atoms with Gasteiger partial charge in [-0.3, -0.25) is 0 Å². The predicted molar refractivity (Wildman–Crippen MR) is 222 cm³/mol. The third kappa shape index (κ3) is 5.28. The van der Waals surface area contributed by atoms with Gasteiger partial charge in [0.05, 0.1) is 16.7 Å². The van der Waals surface area contributed by atoms with Crippen molar-refractivity contribution in [2.75, 3.05) is 0 Å². The number of nitrogens with zero attached hydrogens (tertiary/aromatic N) is 4. The Morgan fingerprint density at radius 2 is 1.02 bits per heavy atom. The van der Waals surface area contributed by atoms with Crippen LogP contribution in [0, 0.1) is 0 Å². The van der Waals surface area contributed by atoms with E-state index in [1.807, 2.05) is 48.5 Å². The third-order valence-electron chi connectivity index (χ3n) is 10.4. The number of rotatable bonds is 5. The molecule has 0 unspecified atom stereocenters. The summed E-state index contributed by atoms with van der Waals surface area (Å²) in [7, 11) is 0. The minimum atomic E-state index is -0.00417. The maximum atomic E-state index is 6.27. The fourth-order valence-corrected chi connectivity index (χ4v) is 7.70. The van der Waals surface area contributed by atoms with Gasteiger partial charge in [-0.05, 0) is 59.0 Å². The molecule has 0 saturated carbocycles. The zero-order valence-electron chi connectivity index (χ0n) is 30.3. The molecule has 0 saturated heterocycles. The summed E-state index contributed by atoms with van der Waals surface area (Å²) < 4.78 is 8.68. The average molecular weight is 697 g/mol. The van der Waals surface area contributed by atoms with Gasteiger partial charge in [0, 0.05) is 43.8 Å². The summed E-state index contributed by atoms with van der Waals surface area (Å²) in [5.41, 5.74) is 11.2. The van der Waals surface area contributed by atoms with Crippen LogP contribution in [0.1, 0.15) is 26.3 Å². The molecule has 0 bridgehead atoms. The van der Waals surface area contributed by atoms with Crippen molar-refractivity contribution in [1.82, 2.24) is 19.5 Å². The summed E-state index contributed by atoms with van der Waals surface area (Å²) in [6.07, 6.45) is 0. The van der Waals surface area contributed by atoms with Crippen LogP contribution in [0.3, 0.4) is 0 Å². The highest BCUT2D eigenvalue weighted by Crippen LogP contribution is 2.43. The van der Waals surface area contributed by atoms with Gasteiger partial charge in [0.2, 0.25) is 0 Å². The first-order chi connectivity index (χ1) is 26.4. The molecule has 5 heteroatoms. The normalized spacial score (nSPS) is 12.0. The molecule has 0 spiro atoms. The number of hydrogen-bond donors (Lipinski definition) is 0. The van der Waals surface area contributed by atoms with E-state index in [1.54, 1.807) is 0 Å². The van der Waals surface area contributed by atoms with Crippen LogP contribution < -0.4 is 0 Å². The smallest absolute Gasteiger partial charge is 0.166 e. The molecule has 0 fully saturated rings. The Kier molecular flexibility index (Phi) is 7.31. The van der Waals surface area contributed by atoms with Gasteiger partial charge >= 0.3 is 0 Å². The van der Waals surface area contributed by atoms with Gasteiger partial charge in [-0.1, -0.05) is 142 Å². The molecule has 0 atom stereocenters. The summed E-state index contributed by atoms with van der Waals surface area (Å²) in [6.45, 7) is 6.81. The van der Waals surface area contributed by atoms with Crippen LogP contribution in [-0.4, -0.2) is 19.5 Å². The number of para-hydroxylation sites is 3. The van der Waals surface area contributed by atoms with Crippen molar-refractivity contribution in [2.24, 2.45) is 0 Å². The second kappa shape index (κ2) is 12.4. The van der Waals surface area contributed by atoms with Crippen LogP contribution >= 0.6 is 0 Å².